The summed E-state index contributed by atoms with van der Waals surface area (Å²) >= 11 is 3.10. The molecule has 0 aliphatic heterocycles. The standard InChI is InChI=1S/C17H19N5OS2/c1-11(16-19-13-5-3-4-6-14(13)25-16)21(2)15(23)9-24-17-20-18-10-22(17)12-7-8-12/h3-6,10-12H,7-9H2,1-2H3. The van der Waals surface area contributed by atoms with Crippen molar-refractivity contribution in [3.63, 3.8) is 0 Å². The van der Waals surface area contributed by atoms with E-state index in [1.54, 1.807) is 22.6 Å². The summed E-state index contributed by atoms with van der Waals surface area (Å²) < 4.78 is 3.23. The van der Waals surface area contributed by atoms with E-state index >= 15 is 0 Å². The highest BCUT2D eigenvalue weighted by atomic mass is 32.2. The summed E-state index contributed by atoms with van der Waals surface area (Å²) in [6.45, 7) is 2.02. The number of carbonyl (C=O) groups is 1. The second-order valence-electron chi connectivity index (χ2n) is 6.24. The van der Waals surface area contributed by atoms with Crippen molar-refractivity contribution in [2.24, 2.45) is 0 Å². The average Bonchev–Trinajstić information content (AvgIpc) is 3.20. The van der Waals surface area contributed by atoms with Crippen molar-refractivity contribution in [2.75, 3.05) is 12.8 Å². The topological polar surface area (TPSA) is 63.9 Å². The first-order valence-electron chi connectivity index (χ1n) is 8.27. The molecule has 0 radical (unpaired) electrons. The third-order valence-electron chi connectivity index (χ3n) is 4.45. The van der Waals surface area contributed by atoms with Crippen LogP contribution in [-0.4, -0.2) is 43.4 Å². The fourth-order valence-corrected chi connectivity index (χ4v) is 4.59. The minimum Gasteiger partial charge on any atom is -0.336 e. The molecule has 1 fully saturated rings. The number of thiazole rings is 1. The van der Waals surface area contributed by atoms with Gasteiger partial charge in [0.2, 0.25) is 5.91 Å². The maximum absolute atomic E-state index is 12.6. The van der Waals surface area contributed by atoms with Crippen molar-refractivity contribution in [1.29, 1.82) is 0 Å². The molecular formula is C17H19N5OS2. The number of para-hydroxylation sites is 1. The molecule has 0 bridgehead atoms. The predicted octanol–water partition coefficient (Wildman–Crippen LogP) is 3.53. The monoisotopic (exact) mass is 373 g/mol. The fraction of sp³-hybridized carbons (Fsp3) is 0.412. The van der Waals surface area contributed by atoms with Gasteiger partial charge in [-0.05, 0) is 31.9 Å². The number of hydrogen-bond acceptors (Lipinski definition) is 6. The molecule has 130 valence electrons. The molecule has 1 amide bonds. The van der Waals surface area contributed by atoms with Crippen LogP contribution in [-0.2, 0) is 4.79 Å². The number of thioether (sulfide) groups is 1. The second kappa shape index (κ2) is 6.76. The van der Waals surface area contributed by atoms with Gasteiger partial charge in [0.25, 0.3) is 0 Å². The first kappa shape index (κ1) is 16.5. The van der Waals surface area contributed by atoms with Crippen LogP contribution in [0.25, 0.3) is 10.2 Å². The van der Waals surface area contributed by atoms with Gasteiger partial charge in [-0.25, -0.2) is 4.98 Å². The third kappa shape index (κ3) is 3.41. The molecule has 0 saturated heterocycles. The van der Waals surface area contributed by atoms with E-state index < -0.39 is 0 Å². The van der Waals surface area contributed by atoms with Crippen LogP contribution in [0.1, 0.15) is 36.9 Å². The smallest absolute Gasteiger partial charge is 0.233 e. The van der Waals surface area contributed by atoms with Gasteiger partial charge in [-0.15, -0.1) is 21.5 Å². The maximum atomic E-state index is 12.6. The Hall–Kier alpha value is -1.93. The lowest BCUT2D eigenvalue weighted by Crippen LogP contribution is -2.31. The molecule has 25 heavy (non-hydrogen) atoms. The molecule has 0 N–H and O–H groups in total. The van der Waals surface area contributed by atoms with Crippen LogP contribution in [0.3, 0.4) is 0 Å². The highest BCUT2D eigenvalue weighted by Gasteiger charge is 2.27. The predicted molar refractivity (Wildman–Crippen MR) is 99.8 cm³/mol. The Morgan fingerprint density at radius 1 is 1.44 bits per heavy atom. The van der Waals surface area contributed by atoms with Gasteiger partial charge in [0.1, 0.15) is 11.3 Å². The summed E-state index contributed by atoms with van der Waals surface area (Å²) in [5.74, 6) is 0.430. The zero-order chi connectivity index (χ0) is 17.4. The van der Waals surface area contributed by atoms with Gasteiger partial charge in [0, 0.05) is 13.1 Å². The number of amides is 1. The molecular weight excluding hydrogens is 354 g/mol. The summed E-state index contributed by atoms with van der Waals surface area (Å²) in [5, 5.41) is 9.90. The van der Waals surface area contributed by atoms with Crippen molar-refractivity contribution in [3.8, 4) is 0 Å². The Kier molecular flexibility index (Phi) is 4.47. The number of benzene rings is 1. The molecule has 2 heterocycles. The summed E-state index contributed by atoms with van der Waals surface area (Å²) in [6, 6.07) is 8.53. The molecule has 1 aliphatic carbocycles. The first-order valence-corrected chi connectivity index (χ1v) is 10.1. The van der Waals surface area contributed by atoms with E-state index in [2.05, 4.69) is 25.8 Å². The molecule has 1 saturated carbocycles. The van der Waals surface area contributed by atoms with Crippen LogP contribution in [0, 0.1) is 0 Å². The Balaban J connectivity index is 1.41. The Morgan fingerprint density at radius 2 is 2.24 bits per heavy atom. The Morgan fingerprint density at radius 3 is 3.00 bits per heavy atom. The molecule has 3 aromatic rings. The lowest BCUT2D eigenvalue weighted by Gasteiger charge is -2.23. The van der Waals surface area contributed by atoms with Gasteiger partial charge in [-0.1, -0.05) is 23.9 Å². The van der Waals surface area contributed by atoms with Gasteiger partial charge in [-0.3, -0.25) is 4.79 Å². The quantitative estimate of drug-likeness (QED) is 0.619. The highest BCUT2D eigenvalue weighted by molar-refractivity contribution is 7.99. The average molecular weight is 374 g/mol. The summed E-state index contributed by atoms with van der Waals surface area (Å²) in [4.78, 5) is 19.0. The molecule has 4 rings (SSSR count). The Labute approximate surface area is 154 Å². The zero-order valence-corrected chi connectivity index (χ0v) is 15.8. The minimum absolute atomic E-state index is 0.0493. The number of carbonyl (C=O) groups excluding carboxylic acids is 1. The SMILES string of the molecule is CC(c1nc2ccccc2s1)N(C)C(=O)CSc1nncn1C1CC1. The van der Waals surface area contributed by atoms with Gasteiger partial charge in [-0.2, -0.15) is 0 Å². The lowest BCUT2D eigenvalue weighted by atomic mass is 10.3. The van der Waals surface area contributed by atoms with Crippen LogP contribution in [0.4, 0.5) is 0 Å². The van der Waals surface area contributed by atoms with E-state index in [9.17, 15) is 4.79 Å². The molecule has 6 nitrogen and oxygen atoms in total. The molecule has 2 aromatic heterocycles. The lowest BCUT2D eigenvalue weighted by molar-refractivity contribution is -0.128. The molecule has 0 spiro atoms. The minimum atomic E-state index is -0.0493. The van der Waals surface area contributed by atoms with Crippen LogP contribution >= 0.6 is 23.1 Å². The number of aromatic nitrogens is 4. The van der Waals surface area contributed by atoms with Crippen molar-refractivity contribution in [3.05, 3.63) is 35.6 Å². The van der Waals surface area contributed by atoms with E-state index in [1.165, 1.54) is 24.6 Å². The van der Waals surface area contributed by atoms with Crippen molar-refractivity contribution >= 4 is 39.2 Å². The molecule has 8 heteroatoms. The van der Waals surface area contributed by atoms with E-state index in [-0.39, 0.29) is 11.9 Å². The largest absolute Gasteiger partial charge is 0.336 e. The highest BCUT2D eigenvalue weighted by Crippen LogP contribution is 2.37. The van der Waals surface area contributed by atoms with Crippen molar-refractivity contribution in [1.82, 2.24) is 24.6 Å². The molecule has 1 aromatic carbocycles. The third-order valence-corrected chi connectivity index (χ3v) is 6.60. The van der Waals surface area contributed by atoms with E-state index in [0.29, 0.717) is 11.8 Å². The summed E-state index contributed by atoms with van der Waals surface area (Å²) in [7, 11) is 1.84. The number of fused-ring (bicyclic) bond motifs is 1. The Bertz CT molecular complexity index is 868. The summed E-state index contributed by atoms with van der Waals surface area (Å²) in [5.41, 5.74) is 0.988. The number of nitrogens with zero attached hydrogens (tertiary/aromatic N) is 5. The van der Waals surface area contributed by atoms with Crippen LogP contribution in [0.5, 0.6) is 0 Å². The first-order chi connectivity index (χ1) is 12.1. The van der Waals surface area contributed by atoms with E-state index in [1.807, 2.05) is 32.2 Å². The molecule has 1 aliphatic rings. The summed E-state index contributed by atoms with van der Waals surface area (Å²) in [6.07, 6.45) is 4.11. The molecule has 1 unspecified atom stereocenters. The van der Waals surface area contributed by atoms with Crippen LogP contribution < -0.4 is 0 Å². The van der Waals surface area contributed by atoms with Crippen molar-refractivity contribution < 1.29 is 4.79 Å². The maximum Gasteiger partial charge on any atom is 0.233 e. The number of hydrogen-bond donors (Lipinski definition) is 0. The fourth-order valence-electron chi connectivity index (χ4n) is 2.62. The van der Waals surface area contributed by atoms with Crippen molar-refractivity contribution in [2.45, 2.75) is 37.0 Å². The van der Waals surface area contributed by atoms with E-state index in [0.717, 1.165) is 20.4 Å². The van der Waals surface area contributed by atoms with Crippen LogP contribution in [0.15, 0.2) is 35.7 Å². The van der Waals surface area contributed by atoms with Gasteiger partial charge >= 0.3 is 0 Å². The van der Waals surface area contributed by atoms with Gasteiger partial charge in [0.15, 0.2) is 5.16 Å². The molecule has 1 atom stereocenters. The second-order valence-corrected chi connectivity index (χ2v) is 8.25. The number of rotatable bonds is 6. The van der Waals surface area contributed by atoms with Crippen LogP contribution in [0.2, 0.25) is 0 Å². The van der Waals surface area contributed by atoms with Gasteiger partial charge < -0.3 is 9.47 Å². The van der Waals surface area contributed by atoms with E-state index in [4.69, 9.17) is 0 Å². The van der Waals surface area contributed by atoms with Gasteiger partial charge in [0.05, 0.1) is 22.0 Å². The zero-order valence-electron chi connectivity index (χ0n) is 14.1. The normalized spacial score (nSPS) is 15.4.